The second-order valence-electron chi connectivity index (χ2n) is 3.61. The maximum atomic E-state index is 11.6. The van der Waals surface area contributed by atoms with Crippen molar-refractivity contribution >= 4 is 34.7 Å². The van der Waals surface area contributed by atoms with Gasteiger partial charge >= 0.3 is 6.03 Å². The number of thiazole rings is 1. The molecular formula is C12H12ClN3OS. The van der Waals surface area contributed by atoms with Gasteiger partial charge in [-0.15, -0.1) is 11.3 Å². The van der Waals surface area contributed by atoms with Crippen LogP contribution < -0.4 is 10.6 Å². The Morgan fingerprint density at radius 3 is 2.78 bits per heavy atom. The van der Waals surface area contributed by atoms with Gasteiger partial charge in [0.1, 0.15) is 0 Å². The zero-order chi connectivity index (χ0) is 12.8. The third-order valence-corrected chi connectivity index (χ3v) is 3.33. The molecule has 0 spiro atoms. The van der Waals surface area contributed by atoms with E-state index in [1.807, 2.05) is 6.20 Å². The molecule has 1 aromatic heterocycles. The van der Waals surface area contributed by atoms with Crippen molar-refractivity contribution in [3.05, 3.63) is 45.9 Å². The van der Waals surface area contributed by atoms with Crippen LogP contribution in [-0.2, 0) is 6.42 Å². The summed E-state index contributed by atoms with van der Waals surface area (Å²) in [4.78, 5) is 16.7. The van der Waals surface area contributed by atoms with Crippen molar-refractivity contribution in [3.63, 3.8) is 0 Å². The number of hydrogen-bond donors (Lipinski definition) is 2. The minimum Gasteiger partial charge on any atom is -0.338 e. The van der Waals surface area contributed by atoms with Crippen LogP contribution in [0.3, 0.4) is 0 Å². The number of benzene rings is 1. The quantitative estimate of drug-likeness (QED) is 0.904. The number of nitrogens with zero attached hydrogens (tertiary/aromatic N) is 1. The number of amides is 2. The van der Waals surface area contributed by atoms with E-state index in [1.54, 1.807) is 41.1 Å². The molecule has 1 heterocycles. The van der Waals surface area contributed by atoms with E-state index >= 15 is 0 Å². The third-order valence-electron chi connectivity index (χ3n) is 2.24. The first-order valence-electron chi connectivity index (χ1n) is 5.42. The molecule has 18 heavy (non-hydrogen) atoms. The number of rotatable bonds is 4. The number of carbonyl (C=O) groups is 1. The number of anilines is 1. The van der Waals surface area contributed by atoms with Crippen LogP contribution in [0.25, 0.3) is 0 Å². The van der Waals surface area contributed by atoms with Crippen LogP contribution in [0.4, 0.5) is 10.5 Å². The smallest absolute Gasteiger partial charge is 0.319 e. The molecule has 0 bridgehead atoms. The highest BCUT2D eigenvalue weighted by molar-refractivity contribution is 7.09. The second-order valence-corrected chi connectivity index (χ2v) is 5.01. The van der Waals surface area contributed by atoms with Gasteiger partial charge in [0.2, 0.25) is 0 Å². The number of halogens is 1. The fraction of sp³-hybridized carbons (Fsp3) is 0.167. The van der Waals surface area contributed by atoms with Gasteiger partial charge in [0, 0.05) is 34.7 Å². The van der Waals surface area contributed by atoms with Crippen LogP contribution in [0.5, 0.6) is 0 Å². The highest BCUT2D eigenvalue weighted by Gasteiger charge is 2.01. The predicted molar refractivity (Wildman–Crippen MR) is 74.3 cm³/mol. The monoisotopic (exact) mass is 281 g/mol. The molecule has 2 N–H and O–H groups in total. The summed E-state index contributed by atoms with van der Waals surface area (Å²) in [7, 11) is 0. The molecule has 2 aromatic rings. The van der Waals surface area contributed by atoms with Crippen molar-refractivity contribution in [2.24, 2.45) is 0 Å². The van der Waals surface area contributed by atoms with E-state index in [0.29, 0.717) is 11.6 Å². The fourth-order valence-corrected chi connectivity index (χ4v) is 2.10. The first-order valence-corrected chi connectivity index (χ1v) is 6.67. The molecule has 0 atom stereocenters. The van der Waals surface area contributed by atoms with Crippen LogP contribution >= 0.6 is 22.9 Å². The van der Waals surface area contributed by atoms with E-state index in [0.717, 1.165) is 17.0 Å². The molecule has 0 radical (unpaired) electrons. The summed E-state index contributed by atoms with van der Waals surface area (Å²) in [6, 6.07) is 6.75. The molecule has 0 aliphatic heterocycles. The van der Waals surface area contributed by atoms with E-state index < -0.39 is 0 Å². The zero-order valence-electron chi connectivity index (χ0n) is 9.52. The summed E-state index contributed by atoms with van der Waals surface area (Å²) in [5.41, 5.74) is 2.50. The second kappa shape index (κ2) is 6.37. The Morgan fingerprint density at radius 2 is 2.11 bits per heavy atom. The van der Waals surface area contributed by atoms with Crippen LogP contribution in [0.15, 0.2) is 36.0 Å². The lowest BCUT2D eigenvalue weighted by Crippen LogP contribution is -2.30. The predicted octanol–water partition coefficient (Wildman–Crippen LogP) is 3.16. The summed E-state index contributed by atoms with van der Waals surface area (Å²) < 4.78 is 0. The molecule has 0 aliphatic rings. The summed E-state index contributed by atoms with van der Waals surface area (Å²) in [6.07, 6.45) is 2.60. The van der Waals surface area contributed by atoms with E-state index in [-0.39, 0.29) is 6.03 Å². The van der Waals surface area contributed by atoms with Gasteiger partial charge < -0.3 is 10.6 Å². The van der Waals surface area contributed by atoms with Crippen molar-refractivity contribution in [3.8, 4) is 0 Å². The lowest BCUT2D eigenvalue weighted by atomic mass is 10.3. The molecule has 1 aromatic carbocycles. The molecule has 94 valence electrons. The minimum absolute atomic E-state index is 0.221. The van der Waals surface area contributed by atoms with E-state index in [2.05, 4.69) is 15.6 Å². The molecule has 0 saturated carbocycles. The van der Waals surface area contributed by atoms with Gasteiger partial charge in [-0.25, -0.2) is 4.79 Å². The normalized spacial score (nSPS) is 10.1. The van der Waals surface area contributed by atoms with Crippen molar-refractivity contribution in [2.75, 3.05) is 11.9 Å². The van der Waals surface area contributed by atoms with Gasteiger partial charge in [-0.2, -0.15) is 0 Å². The van der Waals surface area contributed by atoms with Gasteiger partial charge in [0.15, 0.2) is 0 Å². The van der Waals surface area contributed by atoms with Gasteiger partial charge in [-0.1, -0.05) is 11.6 Å². The van der Waals surface area contributed by atoms with Gasteiger partial charge in [-0.05, 0) is 24.3 Å². The molecular weight excluding hydrogens is 270 g/mol. The summed E-state index contributed by atoms with van der Waals surface area (Å²) in [5.74, 6) is 0. The Hall–Kier alpha value is -1.59. The molecule has 0 unspecified atom stereocenters. The van der Waals surface area contributed by atoms with Crippen LogP contribution in [0.2, 0.25) is 5.02 Å². The molecule has 6 heteroatoms. The average molecular weight is 282 g/mol. The van der Waals surface area contributed by atoms with Gasteiger partial charge in [-0.3, -0.25) is 4.98 Å². The summed E-state index contributed by atoms with van der Waals surface area (Å²) >= 11 is 7.34. The highest BCUT2D eigenvalue weighted by Crippen LogP contribution is 2.13. The van der Waals surface area contributed by atoms with Crippen LogP contribution in [0.1, 0.15) is 4.88 Å². The maximum absolute atomic E-state index is 11.6. The summed E-state index contributed by atoms with van der Waals surface area (Å²) in [5, 5.41) is 6.15. The topological polar surface area (TPSA) is 54.0 Å². The lowest BCUT2D eigenvalue weighted by Gasteiger charge is -2.06. The van der Waals surface area contributed by atoms with Crippen molar-refractivity contribution < 1.29 is 4.79 Å². The molecule has 0 fully saturated rings. The Labute approximate surface area is 114 Å². The number of carbonyl (C=O) groups excluding carboxylic acids is 1. The fourth-order valence-electron chi connectivity index (χ4n) is 1.37. The zero-order valence-corrected chi connectivity index (χ0v) is 11.1. The molecule has 4 nitrogen and oxygen atoms in total. The van der Waals surface area contributed by atoms with Crippen LogP contribution in [-0.4, -0.2) is 17.6 Å². The van der Waals surface area contributed by atoms with E-state index in [1.165, 1.54) is 0 Å². The van der Waals surface area contributed by atoms with E-state index in [4.69, 9.17) is 11.6 Å². The molecule has 0 aliphatic carbocycles. The Kier molecular flexibility index (Phi) is 4.55. The van der Waals surface area contributed by atoms with Crippen molar-refractivity contribution in [2.45, 2.75) is 6.42 Å². The SMILES string of the molecule is O=C(NCCc1cncs1)Nc1ccc(Cl)cc1. The van der Waals surface area contributed by atoms with E-state index in [9.17, 15) is 4.79 Å². The minimum atomic E-state index is -0.221. The largest absolute Gasteiger partial charge is 0.338 e. The van der Waals surface area contributed by atoms with Crippen LogP contribution in [0, 0.1) is 0 Å². The maximum Gasteiger partial charge on any atom is 0.319 e. The number of urea groups is 1. The first-order chi connectivity index (χ1) is 8.74. The molecule has 2 amide bonds. The molecule has 2 rings (SSSR count). The van der Waals surface area contributed by atoms with Gasteiger partial charge in [0.05, 0.1) is 5.51 Å². The standard InChI is InChI=1S/C12H12ClN3OS/c13-9-1-3-10(4-2-9)16-12(17)15-6-5-11-7-14-8-18-11/h1-4,7-8H,5-6H2,(H2,15,16,17). The number of nitrogens with one attached hydrogen (secondary N) is 2. The first kappa shape index (κ1) is 12.9. The Morgan fingerprint density at radius 1 is 1.33 bits per heavy atom. The van der Waals surface area contributed by atoms with Gasteiger partial charge in [0.25, 0.3) is 0 Å². The van der Waals surface area contributed by atoms with Crippen molar-refractivity contribution in [1.82, 2.24) is 10.3 Å². The lowest BCUT2D eigenvalue weighted by molar-refractivity contribution is 0.252. The summed E-state index contributed by atoms with van der Waals surface area (Å²) in [6.45, 7) is 0.585. The molecule has 0 saturated heterocycles. The average Bonchev–Trinajstić information content (AvgIpc) is 2.85. The highest BCUT2D eigenvalue weighted by atomic mass is 35.5. The third kappa shape index (κ3) is 4.01. The number of hydrogen-bond acceptors (Lipinski definition) is 3. The Balaban J connectivity index is 1.73. The number of aromatic nitrogens is 1. The van der Waals surface area contributed by atoms with Crippen molar-refractivity contribution in [1.29, 1.82) is 0 Å². The Bertz CT molecular complexity index is 499.